The fourth-order valence-corrected chi connectivity index (χ4v) is 2.35. The molecule has 0 aliphatic carbocycles. The Kier molecular flexibility index (Phi) is 5.84. The molecule has 3 N–H and O–H groups in total. The van der Waals surface area contributed by atoms with E-state index in [2.05, 4.69) is 16.0 Å². The van der Waals surface area contributed by atoms with Gasteiger partial charge in [-0.05, 0) is 36.4 Å². The Bertz CT molecular complexity index is 698. The van der Waals surface area contributed by atoms with Crippen molar-refractivity contribution < 1.29 is 9.59 Å². The van der Waals surface area contributed by atoms with Gasteiger partial charge < -0.3 is 16.0 Å². The number of nitrogens with one attached hydrogen (secondary N) is 3. The lowest BCUT2D eigenvalue weighted by atomic mass is 10.2. The lowest BCUT2D eigenvalue weighted by molar-refractivity contribution is -0.115. The molecule has 120 valence electrons. The minimum absolute atomic E-state index is 0.0566. The molecule has 2 amide bonds. The van der Waals surface area contributed by atoms with E-state index >= 15 is 0 Å². The number of amides is 2. The molecule has 0 atom stereocenters. The van der Waals surface area contributed by atoms with Crippen molar-refractivity contribution in [3.63, 3.8) is 0 Å². The van der Waals surface area contributed by atoms with Crippen molar-refractivity contribution in [2.75, 3.05) is 22.5 Å². The molecule has 0 spiro atoms. The summed E-state index contributed by atoms with van der Waals surface area (Å²) in [5.41, 5.74) is 1.83. The Hall–Kier alpha value is -2.24. The van der Waals surface area contributed by atoms with Crippen LogP contribution in [0, 0.1) is 0 Å². The molecular formula is C16H15Cl2N3O2. The highest BCUT2D eigenvalue weighted by molar-refractivity contribution is 6.39. The number of para-hydroxylation sites is 1. The van der Waals surface area contributed by atoms with Crippen molar-refractivity contribution in [2.45, 2.75) is 6.92 Å². The van der Waals surface area contributed by atoms with E-state index in [1.165, 1.54) is 6.92 Å². The quantitative estimate of drug-likeness (QED) is 0.762. The maximum atomic E-state index is 12.0. The van der Waals surface area contributed by atoms with Crippen molar-refractivity contribution in [3.05, 3.63) is 52.5 Å². The van der Waals surface area contributed by atoms with Crippen LogP contribution in [0.15, 0.2) is 42.5 Å². The average Bonchev–Trinajstić information content (AvgIpc) is 2.50. The summed E-state index contributed by atoms with van der Waals surface area (Å²) in [6.45, 7) is 1.50. The summed E-state index contributed by atoms with van der Waals surface area (Å²) in [6, 6.07) is 12.0. The smallest absolute Gasteiger partial charge is 0.243 e. The third-order valence-corrected chi connectivity index (χ3v) is 3.52. The molecule has 0 saturated carbocycles. The summed E-state index contributed by atoms with van der Waals surface area (Å²) in [7, 11) is 0. The van der Waals surface area contributed by atoms with Crippen molar-refractivity contribution in [1.82, 2.24) is 0 Å². The van der Waals surface area contributed by atoms with E-state index in [1.807, 2.05) is 0 Å². The van der Waals surface area contributed by atoms with E-state index in [1.54, 1.807) is 42.5 Å². The van der Waals surface area contributed by atoms with Gasteiger partial charge in [-0.25, -0.2) is 0 Å². The molecule has 0 unspecified atom stereocenters. The van der Waals surface area contributed by atoms with Crippen molar-refractivity contribution in [2.24, 2.45) is 0 Å². The summed E-state index contributed by atoms with van der Waals surface area (Å²) in [4.78, 5) is 22.9. The number of hydrogen-bond acceptors (Lipinski definition) is 3. The molecule has 0 heterocycles. The predicted octanol–water partition coefficient (Wildman–Crippen LogP) is 4.00. The van der Waals surface area contributed by atoms with Crippen LogP contribution in [0.25, 0.3) is 0 Å². The van der Waals surface area contributed by atoms with Crippen LogP contribution in [0.4, 0.5) is 17.1 Å². The third-order valence-electron chi connectivity index (χ3n) is 2.89. The molecule has 7 heteroatoms. The van der Waals surface area contributed by atoms with Gasteiger partial charge in [-0.15, -0.1) is 0 Å². The second-order valence-electron chi connectivity index (χ2n) is 4.76. The highest BCUT2D eigenvalue weighted by Crippen LogP contribution is 2.29. The Labute approximate surface area is 144 Å². The van der Waals surface area contributed by atoms with E-state index in [9.17, 15) is 9.59 Å². The van der Waals surface area contributed by atoms with Gasteiger partial charge in [-0.1, -0.05) is 29.3 Å². The lowest BCUT2D eigenvalue weighted by Gasteiger charge is -2.11. The number of halogens is 2. The molecular weight excluding hydrogens is 337 g/mol. The Morgan fingerprint density at radius 3 is 2.04 bits per heavy atom. The van der Waals surface area contributed by atoms with Gasteiger partial charge >= 0.3 is 0 Å². The Morgan fingerprint density at radius 2 is 1.48 bits per heavy atom. The summed E-state index contributed by atoms with van der Waals surface area (Å²) in [5.74, 6) is -0.410. The zero-order chi connectivity index (χ0) is 16.8. The topological polar surface area (TPSA) is 70.2 Å². The standard InChI is InChI=1S/C16H15Cl2N3O2/c1-10(22)20-12-7-5-11(6-8-12)19-9-15(23)21-16-13(17)3-2-4-14(16)18/h2-8,19H,9H2,1H3,(H,20,22)(H,21,23). The second kappa shape index (κ2) is 7.85. The van der Waals surface area contributed by atoms with Gasteiger partial charge in [0.1, 0.15) is 0 Å². The highest BCUT2D eigenvalue weighted by Gasteiger charge is 2.09. The SMILES string of the molecule is CC(=O)Nc1ccc(NCC(=O)Nc2c(Cl)cccc2Cl)cc1. The minimum Gasteiger partial charge on any atom is -0.376 e. The molecule has 0 aliphatic heterocycles. The van der Waals surface area contributed by atoms with E-state index in [4.69, 9.17) is 23.2 Å². The minimum atomic E-state index is -0.272. The van der Waals surface area contributed by atoms with Crippen LogP contribution in [-0.2, 0) is 9.59 Å². The third kappa shape index (κ3) is 5.16. The van der Waals surface area contributed by atoms with Crippen molar-refractivity contribution in [1.29, 1.82) is 0 Å². The van der Waals surface area contributed by atoms with Crippen LogP contribution < -0.4 is 16.0 Å². The number of carbonyl (C=O) groups excluding carboxylic acids is 2. The number of hydrogen-bond donors (Lipinski definition) is 3. The van der Waals surface area contributed by atoms with Crippen LogP contribution >= 0.6 is 23.2 Å². The van der Waals surface area contributed by atoms with Crippen LogP contribution in [-0.4, -0.2) is 18.4 Å². The summed E-state index contributed by atoms with van der Waals surface area (Å²) < 4.78 is 0. The first-order chi connectivity index (χ1) is 11.0. The van der Waals surface area contributed by atoms with Gasteiger partial charge in [0.2, 0.25) is 11.8 Å². The number of anilines is 3. The molecule has 0 radical (unpaired) electrons. The van der Waals surface area contributed by atoms with E-state index in [0.717, 1.165) is 5.69 Å². The molecule has 5 nitrogen and oxygen atoms in total. The molecule has 2 aromatic carbocycles. The van der Waals surface area contributed by atoms with Gasteiger partial charge in [0.15, 0.2) is 0 Å². The van der Waals surface area contributed by atoms with E-state index in [-0.39, 0.29) is 18.4 Å². The van der Waals surface area contributed by atoms with Crippen LogP contribution in [0.5, 0.6) is 0 Å². The number of carbonyl (C=O) groups is 2. The molecule has 0 fully saturated rings. The summed E-state index contributed by atoms with van der Waals surface area (Å²) in [5, 5.41) is 9.06. The summed E-state index contributed by atoms with van der Waals surface area (Å²) in [6.07, 6.45) is 0. The molecule has 23 heavy (non-hydrogen) atoms. The largest absolute Gasteiger partial charge is 0.376 e. The van der Waals surface area contributed by atoms with Crippen molar-refractivity contribution in [3.8, 4) is 0 Å². The molecule has 2 rings (SSSR count). The maximum Gasteiger partial charge on any atom is 0.243 e. The highest BCUT2D eigenvalue weighted by atomic mass is 35.5. The molecule has 0 bridgehead atoms. The monoisotopic (exact) mass is 351 g/mol. The normalized spacial score (nSPS) is 10.0. The van der Waals surface area contributed by atoms with Gasteiger partial charge in [-0.3, -0.25) is 9.59 Å². The number of benzene rings is 2. The zero-order valence-electron chi connectivity index (χ0n) is 12.3. The Morgan fingerprint density at radius 1 is 0.913 bits per heavy atom. The van der Waals surface area contributed by atoms with Gasteiger partial charge in [0, 0.05) is 18.3 Å². The second-order valence-corrected chi connectivity index (χ2v) is 5.57. The van der Waals surface area contributed by atoms with Crippen molar-refractivity contribution >= 4 is 52.1 Å². The van der Waals surface area contributed by atoms with Crippen LogP contribution in [0.3, 0.4) is 0 Å². The molecule has 0 saturated heterocycles. The first-order valence-electron chi connectivity index (χ1n) is 6.81. The average molecular weight is 352 g/mol. The first-order valence-corrected chi connectivity index (χ1v) is 7.56. The fraction of sp³-hybridized carbons (Fsp3) is 0.125. The van der Waals surface area contributed by atoms with E-state index < -0.39 is 0 Å². The number of rotatable bonds is 5. The molecule has 0 aliphatic rings. The predicted molar refractivity (Wildman–Crippen MR) is 94.3 cm³/mol. The van der Waals surface area contributed by atoms with Gasteiger partial charge in [-0.2, -0.15) is 0 Å². The first kappa shape index (κ1) is 17.1. The lowest BCUT2D eigenvalue weighted by Crippen LogP contribution is -2.22. The zero-order valence-corrected chi connectivity index (χ0v) is 13.8. The van der Waals surface area contributed by atoms with Crippen LogP contribution in [0.1, 0.15) is 6.92 Å². The van der Waals surface area contributed by atoms with Gasteiger partial charge in [0.05, 0.1) is 22.3 Å². The fourth-order valence-electron chi connectivity index (χ4n) is 1.86. The maximum absolute atomic E-state index is 12.0. The van der Waals surface area contributed by atoms with E-state index in [0.29, 0.717) is 21.4 Å². The molecule has 0 aromatic heterocycles. The van der Waals surface area contributed by atoms with Crippen LogP contribution in [0.2, 0.25) is 10.0 Å². The molecule has 2 aromatic rings. The van der Waals surface area contributed by atoms with Gasteiger partial charge in [0.25, 0.3) is 0 Å². The summed E-state index contributed by atoms with van der Waals surface area (Å²) >= 11 is 12.0. The Balaban J connectivity index is 1.90.